The molecule has 2 heterocycles. The van der Waals surface area contributed by atoms with Crippen molar-refractivity contribution >= 4 is 5.78 Å². The van der Waals surface area contributed by atoms with Gasteiger partial charge in [-0.1, -0.05) is 13.0 Å². The van der Waals surface area contributed by atoms with Gasteiger partial charge in [-0.3, -0.25) is 9.69 Å². The number of hydrogen-bond acceptors (Lipinski definition) is 5. The van der Waals surface area contributed by atoms with Gasteiger partial charge < -0.3 is 14.6 Å². The van der Waals surface area contributed by atoms with E-state index in [2.05, 4.69) is 17.9 Å². The number of ether oxygens (including phenoxy) is 2. The summed E-state index contributed by atoms with van der Waals surface area (Å²) in [5, 5.41) is 11.9. The van der Waals surface area contributed by atoms with E-state index in [4.69, 9.17) is 9.47 Å². The van der Waals surface area contributed by atoms with Crippen LogP contribution in [0.1, 0.15) is 30.9 Å². The average Bonchev–Trinajstić information content (AvgIpc) is 2.96. The van der Waals surface area contributed by atoms with Crippen molar-refractivity contribution in [3.8, 4) is 11.5 Å². The molecule has 2 aliphatic heterocycles. The highest BCUT2D eigenvalue weighted by Gasteiger charge is 2.71. The molecule has 4 atom stereocenters. The van der Waals surface area contributed by atoms with Gasteiger partial charge in [-0.25, -0.2) is 0 Å². The predicted molar refractivity (Wildman–Crippen MR) is 92.2 cm³/mol. The van der Waals surface area contributed by atoms with Gasteiger partial charge in [0.05, 0.1) is 12.5 Å². The molecule has 5 rings (SSSR count). The van der Waals surface area contributed by atoms with E-state index < -0.39 is 17.1 Å². The van der Waals surface area contributed by atoms with Gasteiger partial charge in [0.15, 0.2) is 23.4 Å². The molecule has 132 valence electrons. The maximum atomic E-state index is 12.7. The lowest BCUT2D eigenvalue weighted by Crippen LogP contribution is -2.75. The fraction of sp³-hybridized carbons (Fsp3) is 0.550. The smallest absolute Gasteiger partial charge is 0.196 e. The second-order valence-corrected chi connectivity index (χ2v) is 7.67. The van der Waals surface area contributed by atoms with E-state index in [1.807, 2.05) is 6.07 Å². The molecule has 0 aromatic heterocycles. The molecule has 2 aliphatic carbocycles. The lowest BCUT2D eigenvalue weighted by atomic mass is 9.51. The van der Waals surface area contributed by atoms with Crippen LogP contribution >= 0.6 is 0 Å². The lowest BCUT2D eigenvalue weighted by Gasteiger charge is -2.60. The number of likely N-dealkylation sites (tertiary alicyclic amines) is 1. The number of carbonyl (C=O) groups is 1. The summed E-state index contributed by atoms with van der Waals surface area (Å²) in [7, 11) is 1.61. The Morgan fingerprint density at radius 1 is 1.44 bits per heavy atom. The third kappa shape index (κ3) is 1.59. The van der Waals surface area contributed by atoms with Crippen LogP contribution in [0.3, 0.4) is 0 Å². The molecule has 25 heavy (non-hydrogen) atoms. The zero-order valence-corrected chi connectivity index (χ0v) is 14.6. The van der Waals surface area contributed by atoms with E-state index in [1.165, 1.54) is 11.6 Å². The second-order valence-electron chi connectivity index (χ2n) is 7.67. The Morgan fingerprint density at radius 2 is 2.28 bits per heavy atom. The molecule has 1 fully saturated rings. The molecule has 1 spiro atoms. The van der Waals surface area contributed by atoms with Gasteiger partial charge in [0.2, 0.25) is 0 Å². The summed E-state index contributed by atoms with van der Waals surface area (Å²) in [6, 6.07) is 3.98. The first kappa shape index (κ1) is 15.4. The Balaban J connectivity index is 1.80. The summed E-state index contributed by atoms with van der Waals surface area (Å²) in [4.78, 5) is 15.1. The fourth-order valence-corrected chi connectivity index (χ4v) is 5.71. The summed E-state index contributed by atoms with van der Waals surface area (Å²) < 4.78 is 11.7. The molecule has 0 amide bonds. The van der Waals surface area contributed by atoms with Crippen molar-refractivity contribution in [1.29, 1.82) is 0 Å². The van der Waals surface area contributed by atoms with Crippen LogP contribution in [0.25, 0.3) is 0 Å². The standard InChI is InChI=1S/C20H23NO4/c1-3-9-21-10-8-19-16-12-4-5-14(24-2)17(16)25-18(19)13(22)6-7-20(19,23)15(21)11-12/h4-7,15,18,23H,3,8-11H2,1-2H3/t15-,18+,19+,20-/m1/s1. The average molecular weight is 341 g/mol. The second kappa shape index (κ2) is 4.86. The number of ketones is 1. The van der Waals surface area contributed by atoms with Gasteiger partial charge in [0.1, 0.15) is 5.60 Å². The highest BCUT2D eigenvalue weighted by Crippen LogP contribution is 2.63. The third-order valence-electron chi connectivity index (χ3n) is 6.70. The molecule has 1 aromatic carbocycles. The van der Waals surface area contributed by atoms with Gasteiger partial charge in [-0.2, -0.15) is 0 Å². The van der Waals surface area contributed by atoms with Gasteiger partial charge in [-0.15, -0.1) is 0 Å². The first-order valence-corrected chi connectivity index (χ1v) is 9.13. The number of benzene rings is 1. The summed E-state index contributed by atoms with van der Waals surface area (Å²) in [6.07, 6.45) is 5.14. The minimum absolute atomic E-state index is 0.0245. The molecule has 1 saturated heterocycles. The first-order chi connectivity index (χ1) is 12.1. The summed E-state index contributed by atoms with van der Waals surface area (Å²) in [6.45, 7) is 3.99. The number of aliphatic hydroxyl groups is 1. The van der Waals surface area contributed by atoms with Crippen LogP contribution in [0, 0.1) is 0 Å². The summed E-state index contributed by atoms with van der Waals surface area (Å²) in [5.74, 6) is 1.24. The minimum Gasteiger partial charge on any atom is -0.493 e. The molecular weight excluding hydrogens is 318 g/mol. The van der Waals surface area contributed by atoms with Gasteiger partial charge >= 0.3 is 0 Å². The van der Waals surface area contributed by atoms with Crippen molar-refractivity contribution in [3.63, 3.8) is 0 Å². The Morgan fingerprint density at radius 3 is 3.04 bits per heavy atom. The predicted octanol–water partition coefficient (Wildman–Crippen LogP) is 1.60. The van der Waals surface area contributed by atoms with Crippen LogP contribution in [0.5, 0.6) is 11.5 Å². The normalized spacial score (nSPS) is 37.6. The van der Waals surface area contributed by atoms with E-state index in [0.717, 1.165) is 31.5 Å². The third-order valence-corrected chi connectivity index (χ3v) is 6.70. The molecule has 0 unspecified atom stereocenters. The largest absolute Gasteiger partial charge is 0.493 e. The van der Waals surface area contributed by atoms with Crippen molar-refractivity contribution in [2.24, 2.45) is 0 Å². The molecule has 0 radical (unpaired) electrons. The zero-order chi connectivity index (χ0) is 17.4. The van der Waals surface area contributed by atoms with Crippen LogP contribution in [0.4, 0.5) is 0 Å². The molecule has 5 heteroatoms. The summed E-state index contributed by atoms with van der Waals surface area (Å²) in [5.41, 5.74) is 0.413. The molecule has 2 bridgehead atoms. The van der Waals surface area contributed by atoms with Gasteiger partial charge in [0.25, 0.3) is 0 Å². The van der Waals surface area contributed by atoms with Crippen LogP contribution in [-0.4, -0.2) is 53.7 Å². The number of carbonyl (C=O) groups excluding carboxylic acids is 1. The number of piperidine rings is 1. The van der Waals surface area contributed by atoms with Crippen LogP contribution in [0.15, 0.2) is 24.3 Å². The lowest BCUT2D eigenvalue weighted by molar-refractivity contribution is -0.154. The molecule has 5 nitrogen and oxygen atoms in total. The van der Waals surface area contributed by atoms with Crippen molar-refractivity contribution in [2.75, 3.05) is 20.2 Å². The molecule has 1 N–H and O–H groups in total. The Labute approximate surface area is 147 Å². The monoisotopic (exact) mass is 341 g/mol. The number of hydrogen-bond donors (Lipinski definition) is 1. The number of rotatable bonds is 3. The van der Waals surface area contributed by atoms with Crippen LogP contribution < -0.4 is 9.47 Å². The van der Waals surface area contributed by atoms with Gasteiger partial charge in [0, 0.05) is 11.6 Å². The van der Waals surface area contributed by atoms with Gasteiger partial charge in [-0.05, 0) is 56.1 Å². The maximum Gasteiger partial charge on any atom is 0.196 e. The minimum atomic E-state index is -1.08. The zero-order valence-electron chi connectivity index (χ0n) is 14.6. The van der Waals surface area contributed by atoms with E-state index in [-0.39, 0.29) is 11.8 Å². The van der Waals surface area contributed by atoms with Crippen molar-refractivity contribution in [1.82, 2.24) is 4.90 Å². The van der Waals surface area contributed by atoms with Crippen LogP contribution in [-0.2, 0) is 16.6 Å². The Kier molecular flexibility index (Phi) is 3.00. The van der Waals surface area contributed by atoms with E-state index in [9.17, 15) is 9.90 Å². The molecule has 1 aromatic rings. The first-order valence-electron chi connectivity index (χ1n) is 9.13. The van der Waals surface area contributed by atoms with Crippen molar-refractivity contribution < 1.29 is 19.4 Å². The molecular formula is C20H23NO4. The summed E-state index contributed by atoms with van der Waals surface area (Å²) >= 11 is 0. The Hall–Kier alpha value is -1.85. The van der Waals surface area contributed by atoms with E-state index >= 15 is 0 Å². The molecule has 4 aliphatic rings. The topological polar surface area (TPSA) is 59.0 Å². The SMILES string of the molecule is CCCN1CC[C@]23c4c5ccc(OC)c4O[C@H]2C(=O)C=C[C@@]3(O)[C@H]1C5. The number of nitrogens with zero attached hydrogens (tertiary/aromatic N) is 1. The maximum absolute atomic E-state index is 12.7. The molecule has 0 saturated carbocycles. The van der Waals surface area contributed by atoms with E-state index in [1.54, 1.807) is 13.2 Å². The van der Waals surface area contributed by atoms with Crippen LogP contribution in [0.2, 0.25) is 0 Å². The highest BCUT2D eigenvalue weighted by atomic mass is 16.5. The van der Waals surface area contributed by atoms with Crippen molar-refractivity contribution in [2.45, 2.75) is 49.3 Å². The fourth-order valence-electron chi connectivity index (χ4n) is 5.71. The number of methoxy groups -OCH3 is 1. The Bertz CT molecular complexity index is 803. The van der Waals surface area contributed by atoms with Crippen molar-refractivity contribution in [3.05, 3.63) is 35.4 Å². The highest BCUT2D eigenvalue weighted by molar-refractivity contribution is 5.99. The quantitative estimate of drug-likeness (QED) is 0.905. The van der Waals surface area contributed by atoms with E-state index in [0.29, 0.717) is 17.9 Å².